The number of carbonyl (C=O) groups is 1. The van der Waals surface area contributed by atoms with Gasteiger partial charge in [0.05, 0.1) is 12.2 Å². The Labute approximate surface area is 208 Å². The molecule has 1 N–H and O–H groups in total. The molecule has 9 heteroatoms. The van der Waals surface area contributed by atoms with Gasteiger partial charge in [-0.05, 0) is 67.1 Å². The fraction of sp³-hybridized carbons (Fsp3) is 0.296. The van der Waals surface area contributed by atoms with Gasteiger partial charge in [0.25, 0.3) is 5.91 Å². The number of aryl methyl sites for hydroxylation is 2. The van der Waals surface area contributed by atoms with Crippen molar-refractivity contribution in [3.8, 4) is 22.5 Å². The maximum absolute atomic E-state index is 14.2. The van der Waals surface area contributed by atoms with Crippen LogP contribution in [0.1, 0.15) is 40.3 Å². The van der Waals surface area contributed by atoms with Gasteiger partial charge in [-0.15, -0.1) is 10.2 Å². The zero-order valence-electron chi connectivity index (χ0n) is 20.2. The number of nitrogens with zero attached hydrogens (tertiary/aromatic N) is 6. The summed E-state index contributed by atoms with van der Waals surface area (Å²) in [6.07, 6.45) is 4.16. The highest BCUT2D eigenvalue weighted by molar-refractivity contribution is 6.10. The summed E-state index contributed by atoms with van der Waals surface area (Å²) in [7, 11) is 1.81. The van der Waals surface area contributed by atoms with Crippen LogP contribution < -0.4 is 10.2 Å². The molecule has 182 valence electrons. The molecule has 2 aliphatic rings. The lowest BCUT2D eigenvalue weighted by Crippen LogP contribution is -2.25. The Bertz CT molecular complexity index is 1480. The van der Waals surface area contributed by atoms with Crippen LogP contribution in [0.15, 0.2) is 48.8 Å². The third-order valence-corrected chi connectivity index (χ3v) is 6.75. The quantitative estimate of drug-likeness (QED) is 0.427. The van der Waals surface area contributed by atoms with E-state index in [1.54, 1.807) is 21.9 Å². The Kier molecular flexibility index (Phi) is 5.56. The van der Waals surface area contributed by atoms with Crippen molar-refractivity contribution in [2.75, 3.05) is 11.4 Å². The molecule has 8 nitrogen and oxygen atoms in total. The summed E-state index contributed by atoms with van der Waals surface area (Å²) in [4.78, 5) is 24.3. The van der Waals surface area contributed by atoms with Gasteiger partial charge in [0, 0.05) is 30.8 Å². The first-order valence-corrected chi connectivity index (χ1v) is 12.1. The predicted molar refractivity (Wildman–Crippen MR) is 134 cm³/mol. The van der Waals surface area contributed by atoms with Crippen molar-refractivity contribution >= 4 is 11.7 Å². The summed E-state index contributed by atoms with van der Waals surface area (Å²) in [6.45, 7) is 3.94. The number of benzene rings is 2. The summed E-state index contributed by atoms with van der Waals surface area (Å²) in [5.41, 5.74) is 4.63. The number of halogens is 1. The minimum Gasteiger partial charge on any atom is -0.317 e. The molecule has 3 heterocycles. The lowest BCUT2D eigenvalue weighted by molar-refractivity contribution is 0.0996. The number of fused-ring (bicyclic) bond motifs is 1. The number of rotatable bonds is 7. The Morgan fingerprint density at radius 1 is 1.06 bits per heavy atom. The van der Waals surface area contributed by atoms with Crippen LogP contribution in [0.4, 0.5) is 10.2 Å². The van der Waals surface area contributed by atoms with E-state index < -0.39 is 0 Å². The normalized spacial score (nSPS) is 15.0. The number of hydrogen-bond acceptors (Lipinski definition) is 6. The molecular weight excluding hydrogens is 457 g/mol. The van der Waals surface area contributed by atoms with Gasteiger partial charge in [0.15, 0.2) is 5.82 Å². The molecule has 1 aliphatic carbocycles. The van der Waals surface area contributed by atoms with Crippen LogP contribution in [0.25, 0.3) is 22.5 Å². The third kappa shape index (κ3) is 4.26. The van der Waals surface area contributed by atoms with E-state index in [1.165, 1.54) is 25.0 Å². The van der Waals surface area contributed by atoms with Gasteiger partial charge in [-0.3, -0.25) is 9.69 Å². The Morgan fingerprint density at radius 3 is 2.69 bits per heavy atom. The van der Waals surface area contributed by atoms with E-state index in [9.17, 15) is 9.18 Å². The first kappa shape index (κ1) is 22.5. The molecule has 1 fully saturated rings. The minimum absolute atomic E-state index is 0.107. The monoisotopic (exact) mass is 483 g/mol. The third-order valence-electron chi connectivity index (χ3n) is 6.75. The van der Waals surface area contributed by atoms with Crippen molar-refractivity contribution < 1.29 is 9.18 Å². The summed E-state index contributed by atoms with van der Waals surface area (Å²) >= 11 is 0. The zero-order valence-corrected chi connectivity index (χ0v) is 20.2. The molecule has 0 radical (unpaired) electrons. The van der Waals surface area contributed by atoms with Gasteiger partial charge in [0.2, 0.25) is 0 Å². The van der Waals surface area contributed by atoms with Crippen LogP contribution in [-0.2, 0) is 20.1 Å². The molecule has 2 aromatic carbocycles. The van der Waals surface area contributed by atoms with Crippen LogP contribution >= 0.6 is 0 Å². The molecule has 0 saturated heterocycles. The Morgan fingerprint density at radius 2 is 1.92 bits per heavy atom. The van der Waals surface area contributed by atoms with Crippen LogP contribution in [0.3, 0.4) is 0 Å². The summed E-state index contributed by atoms with van der Waals surface area (Å²) in [5.74, 6) is 2.12. The maximum atomic E-state index is 14.2. The fourth-order valence-electron chi connectivity index (χ4n) is 4.70. The molecule has 1 amide bonds. The molecule has 1 aliphatic heterocycles. The second kappa shape index (κ2) is 8.91. The average Bonchev–Trinajstić information content (AvgIpc) is 3.49. The second-order valence-corrected chi connectivity index (χ2v) is 9.56. The maximum Gasteiger partial charge on any atom is 0.260 e. The van der Waals surface area contributed by atoms with E-state index in [-0.39, 0.29) is 11.7 Å². The summed E-state index contributed by atoms with van der Waals surface area (Å²) < 4.78 is 15.9. The summed E-state index contributed by atoms with van der Waals surface area (Å²) in [5, 5.41) is 11.5. The number of nitrogens with one attached hydrogen (secondary N) is 1. The average molecular weight is 484 g/mol. The van der Waals surface area contributed by atoms with Gasteiger partial charge < -0.3 is 9.88 Å². The minimum atomic E-state index is -0.360. The van der Waals surface area contributed by atoms with E-state index in [4.69, 9.17) is 0 Å². The van der Waals surface area contributed by atoms with Crippen LogP contribution in [0, 0.1) is 18.7 Å². The van der Waals surface area contributed by atoms with E-state index >= 15 is 0 Å². The van der Waals surface area contributed by atoms with Crippen LogP contribution in [0.2, 0.25) is 0 Å². The molecule has 0 spiro atoms. The Balaban J connectivity index is 1.30. The number of aromatic nitrogens is 5. The largest absolute Gasteiger partial charge is 0.317 e. The van der Waals surface area contributed by atoms with E-state index in [1.807, 2.05) is 38.2 Å². The van der Waals surface area contributed by atoms with Crippen molar-refractivity contribution in [3.63, 3.8) is 0 Å². The van der Waals surface area contributed by atoms with Gasteiger partial charge in [-0.25, -0.2) is 14.4 Å². The number of anilines is 1. The number of carbonyl (C=O) groups excluding carboxylic acids is 1. The number of hydrogen-bond donors (Lipinski definition) is 1. The molecule has 36 heavy (non-hydrogen) atoms. The van der Waals surface area contributed by atoms with Crippen molar-refractivity contribution in [2.45, 2.75) is 32.9 Å². The fourth-order valence-corrected chi connectivity index (χ4v) is 4.70. The molecule has 0 bridgehead atoms. The van der Waals surface area contributed by atoms with Gasteiger partial charge in [0.1, 0.15) is 23.8 Å². The lowest BCUT2D eigenvalue weighted by Gasteiger charge is -2.16. The highest BCUT2D eigenvalue weighted by Gasteiger charge is 2.30. The molecule has 2 aromatic heterocycles. The highest BCUT2D eigenvalue weighted by atomic mass is 19.1. The molecular formula is C27H26FN7O. The molecule has 6 rings (SSSR count). The molecule has 4 aromatic rings. The van der Waals surface area contributed by atoms with E-state index in [2.05, 4.69) is 25.5 Å². The lowest BCUT2D eigenvalue weighted by atomic mass is 9.96. The second-order valence-electron chi connectivity index (χ2n) is 9.56. The molecule has 0 unspecified atom stereocenters. The van der Waals surface area contributed by atoms with Crippen LogP contribution in [-0.4, -0.2) is 37.2 Å². The highest BCUT2D eigenvalue weighted by Crippen LogP contribution is 2.35. The Hall–Kier alpha value is -3.98. The zero-order chi connectivity index (χ0) is 24.8. The predicted octanol–water partition coefficient (Wildman–Crippen LogP) is 4.05. The SMILES string of the molecule is Cc1nc(CNCC2CC2)cc(N2Cc3ccc(-c4ccc(F)cc4-c4nncn4C)cc3C2=O)n1. The first-order valence-electron chi connectivity index (χ1n) is 12.1. The number of amides is 1. The smallest absolute Gasteiger partial charge is 0.260 e. The van der Waals surface area contributed by atoms with Crippen molar-refractivity contribution in [1.29, 1.82) is 0 Å². The van der Waals surface area contributed by atoms with E-state index in [0.717, 1.165) is 34.8 Å². The van der Waals surface area contributed by atoms with Crippen molar-refractivity contribution in [1.82, 2.24) is 30.0 Å². The van der Waals surface area contributed by atoms with Gasteiger partial charge >= 0.3 is 0 Å². The topological polar surface area (TPSA) is 88.8 Å². The first-order chi connectivity index (χ1) is 17.5. The van der Waals surface area contributed by atoms with Crippen molar-refractivity contribution in [2.24, 2.45) is 13.0 Å². The summed E-state index contributed by atoms with van der Waals surface area (Å²) in [6, 6.07) is 12.3. The van der Waals surface area contributed by atoms with E-state index in [0.29, 0.717) is 41.7 Å². The van der Waals surface area contributed by atoms with Gasteiger partial charge in [-0.2, -0.15) is 0 Å². The van der Waals surface area contributed by atoms with Gasteiger partial charge in [-0.1, -0.05) is 18.2 Å². The molecule has 0 atom stereocenters. The standard InChI is InChI=1S/C27H26FN7O/c1-16-31-21(13-29-12-17-3-4-17)11-25(32-16)35-14-19-6-5-18(9-23(19)27(35)36)22-8-7-20(28)10-24(22)26-33-30-15-34(26)2/h5-11,15,17,29H,3-4,12-14H2,1-2H3. The van der Waals surface area contributed by atoms with Crippen LogP contribution in [0.5, 0.6) is 0 Å². The van der Waals surface area contributed by atoms with Crippen molar-refractivity contribution in [3.05, 3.63) is 77.3 Å². The molecule has 1 saturated carbocycles.